The molecule has 4 N–H and O–H groups in total. The topological polar surface area (TPSA) is 172 Å². The van der Waals surface area contributed by atoms with Crippen LogP contribution >= 0.6 is 7.82 Å². The number of phosphoric acid groups is 1. The number of carboxylic acids is 1. The van der Waals surface area contributed by atoms with E-state index >= 15 is 0 Å². The largest absolute Gasteiger partial charge is 0.480 e. The molecular formula is C30H56NO10P. The van der Waals surface area contributed by atoms with Gasteiger partial charge in [0.05, 0.1) is 13.2 Å². The molecule has 0 aliphatic heterocycles. The van der Waals surface area contributed by atoms with E-state index in [-0.39, 0.29) is 19.4 Å². The van der Waals surface area contributed by atoms with E-state index in [4.69, 9.17) is 24.8 Å². The number of allylic oxidation sites excluding steroid dienone is 2. The molecule has 0 rings (SSSR count). The number of ether oxygens (including phenoxy) is 2. The molecule has 0 aromatic rings. The Morgan fingerprint density at radius 2 is 1.21 bits per heavy atom. The number of hydrogen-bond acceptors (Lipinski definition) is 9. The monoisotopic (exact) mass is 621 g/mol. The number of esters is 2. The molecule has 0 saturated carbocycles. The van der Waals surface area contributed by atoms with E-state index in [2.05, 4.69) is 23.6 Å². The fraction of sp³-hybridized carbons (Fsp3) is 0.833. The first kappa shape index (κ1) is 40.2. The average Bonchev–Trinajstić information content (AvgIpc) is 2.95. The van der Waals surface area contributed by atoms with Gasteiger partial charge in [-0.25, -0.2) is 4.57 Å². The summed E-state index contributed by atoms with van der Waals surface area (Å²) < 4.78 is 31.9. The summed E-state index contributed by atoms with van der Waals surface area (Å²) in [6.07, 6.45) is 21.4. The van der Waals surface area contributed by atoms with Crippen molar-refractivity contribution in [1.82, 2.24) is 0 Å². The number of carboxylic acid groups (broad SMARTS) is 1. The van der Waals surface area contributed by atoms with Crippen LogP contribution in [0.15, 0.2) is 12.2 Å². The van der Waals surface area contributed by atoms with E-state index in [1.807, 2.05) is 6.92 Å². The van der Waals surface area contributed by atoms with E-state index in [9.17, 15) is 23.8 Å². The van der Waals surface area contributed by atoms with Gasteiger partial charge in [0.15, 0.2) is 6.10 Å². The second-order valence-corrected chi connectivity index (χ2v) is 12.0. The summed E-state index contributed by atoms with van der Waals surface area (Å²) in [6, 6.07) is -1.52. The highest BCUT2D eigenvalue weighted by atomic mass is 31.2. The zero-order valence-electron chi connectivity index (χ0n) is 25.8. The van der Waals surface area contributed by atoms with Gasteiger partial charge < -0.3 is 25.2 Å². The van der Waals surface area contributed by atoms with Gasteiger partial charge in [-0.05, 0) is 38.5 Å². The number of aliphatic carboxylic acids is 1. The summed E-state index contributed by atoms with van der Waals surface area (Å²) in [6.45, 7) is 2.47. The van der Waals surface area contributed by atoms with Gasteiger partial charge in [0.1, 0.15) is 12.6 Å². The molecule has 3 unspecified atom stereocenters. The Kier molecular flexibility index (Phi) is 25.7. The lowest BCUT2D eigenvalue weighted by atomic mass is 10.1. The van der Waals surface area contributed by atoms with Crippen molar-refractivity contribution in [3.05, 3.63) is 12.2 Å². The fourth-order valence-electron chi connectivity index (χ4n) is 3.92. The van der Waals surface area contributed by atoms with Crippen molar-refractivity contribution in [2.45, 2.75) is 142 Å². The number of carbonyl (C=O) groups excluding carboxylic acids is 2. The number of phosphoric ester groups is 1. The predicted octanol–water partition coefficient (Wildman–Crippen LogP) is 6.60. The highest BCUT2D eigenvalue weighted by Crippen LogP contribution is 2.43. The second-order valence-electron chi connectivity index (χ2n) is 10.6. The molecule has 0 fully saturated rings. The number of rotatable bonds is 29. The Morgan fingerprint density at radius 3 is 1.79 bits per heavy atom. The minimum absolute atomic E-state index is 0.152. The molecule has 0 heterocycles. The van der Waals surface area contributed by atoms with Crippen LogP contribution in [0.3, 0.4) is 0 Å². The van der Waals surface area contributed by atoms with Gasteiger partial charge in [-0.1, -0.05) is 90.2 Å². The van der Waals surface area contributed by atoms with Crippen molar-refractivity contribution in [2.24, 2.45) is 5.73 Å². The molecule has 0 aliphatic rings. The molecular weight excluding hydrogens is 565 g/mol. The fourth-order valence-corrected chi connectivity index (χ4v) is 4.70. The molecule has 246 valence electrons. The van der Waals surface area contributed by atoms with Gasteiger partial charge in [-0.2, -0.15) is 0 Å². The molecule has 0 bridgehead atoms. The summed E-state index contributed by atoms with van der Waals surface area (Å²) in [5.74, 6) is -2.43. The molecule has 0 aromatic carbocycles. The maximum absolute atomic E-state index is 12.4. The molecule has 0 aliphatic carbocycles. The lowest BCUT2D eigenvalue weighted by molar-refractivity contribution is -0.161. The molecule has 0 spiro atoms. The smallest absolute Gasteiger partial charge is 0.472 e. The van der Waals surface area contributed by atoms with Crippen molar-refractivity contribution in [1.29, 1.82) is 0 Å². The molecule has 0 radical (unpaired) electrons. The van der Waals surface area contributed by atoms with Gasteiger partial charge >= 0.3 is 25.7 Å². The van der Waals surface area contributed by atoms with E-state index in [1.165, 1.54) is 44.9 Å². The van der Waals surface area contributed by atoms with Crippen LogP contribution < -0.4 is 5.73 Å². The molecule has 0 saturated heterocycles. The Balaban J connectivity index is 4.26. The third-order valence-electron chi connectivity index (χ3n) is 6.51. The van der Waals surface area contributed by atoms with Crippen LogP contribution in [0.4, 0.5) is 0 Å². The van der Waals surface area contributed by atoms with E-state index in [1.54, 1.807) is 0 Å². The van der Waals surface area contributed by atoms with Gasteiger partial charge in [-0.3, -0.25) is 23.4 Å². The van der Waals surface area contributed by atoms with Gasteiger partial charge in [-0.15, -0.1) is 0 Å². The summed E-state index contributed by atoms with van der Waals surface area (Å²) in [5.41, 5.74) is 5.26. The maximum Gasteiger partial charge on any atom is 0.472 e. The molecule has 11 nitrogen and oxygen atoms in total. The van der Waals surface area contributed by atoms with Gasteiger partial charge in [0, 0.05) is 12.8 Å². The average molecular weight is 622 g/mol. The number of nitrogens with two attached hydrogens (primary N) is 1. The second kappa shape index (κ2) is 26.8. The van der Waals surface area contributed by atoms with E-state index in [0.717, 1.165) is 44.9 Å². The van der Waals surface area contributed by atoms with E-state index < -0.39 is 51.1 Å². The van der Waals surface area contributed by atoms with Crippen LogP contribution in [0.1, 0.15) is 129 Å². The first-order chi connectivity index (χ1) is 20.1. The maximum atomic E-state index is 12.4. The van der Waals surface area contributed by atoms with Crippen molar-refractivity contribution in [3.8, 4) is 0 Å². The van der Waals surface area contributed by atoms with Crippen molar-refractivity contribution in [3.63, 3.8) is 0 Å². The Bertz CT molecular complexity index is 792. The minimum atomic E-state index is -4.68. The Morgan fingerprint density at radius 1 is 0.714 bits per heavy atom. The van der Waals surface area contributed by atoms with Crippen LogP contribution in [0.25, 0.3) is 0 Å². The third-order valence-corrected chi connectivity index (χ3v) is 7.46. The van der Waals surface area contributed by atoms with Crippen molar-refractivity contribution in [2.75, 3.05) is 19.8 Å². The lowest BCUT2D eigenvalue weighted by Crippen LogP contribution is -2.34. The molecule has 12 heteroatoms. The van der Waals surface area contributed by atoms with Crippen molar-refractivity contribution < 1.29 is 47.5 Å². The molecule has 0 aromatic heterocycles. The molecule has 42 heavy (non-hydrogen) atoms. The number of unbranched alkanes of at least 4 members (excludes halogenated alkanes) is 13. The van der Waals surface area contributed by atoms with Crippen LogP contribution in [-0.4, -0.2) is 59.9 Å². The normalized spacial score (nSPS) is 14.4. The molecule has 0 amide bonds. The first-order valence-corrected chi connectivity index (χ1v) is 17.2. The van der Waals surface area contributed by atoms with Gasteiger partial charge in [0.25, 0.3) is 0 Å². The third kappa shape index (κ3) is 25.9. The lowest BCUT2D eigenvalue weighted by Gasteiger charge is -2.20. The number of hydrogen-bond donors (Lipinski definition) is 3. The van der Waals surface area contributed by atoms with Crippen LogP contribution in [-0.2, 0) is 37.5 Å². The Hall–Kier alpha value is -1.78. The highest BCUT2D eigenvalue weighted by molar-refractivity contribution is 7.47. The Labute approximate surface area is 252 Å². The number of carbonyl (C=O) groups is 3. The molecule has 3 atom stereocenters. The van der Waals surface area contributed by atoms with Crippen LogP contribution in [0.2, 0.25) is 0 Å². The van der Waals surface area contributed by atoms with E-state index in [0.29, 0.717) is 12.8 Å². The summed E-state index contributed by atoms with van der Waals surface area (Å²) in [5, 5.41) is 8.76. The van der Waals surface area contributed by atoms with Crippen molar-refractivity contribution >= 4 is 25.7 Å². The predicted molar refractivity (Wildman–Crippen MR) is 162 cm³/mol. The zero-order valence-corrected chi connectivity index (χ0v) is 26.7. The minimum Gasteiger partial charge on any atom is -0.480 e. The summed E-state index contributed by atoms with van der Waals surface area (Å²) in [4.78, 5) is 44.8. The first-order valence-electron chi connectivity index (χ1n) is 15.7. The van der Waals surface area contributed by atoms with Gasteiger partial charge in [0.2, 0.25) is 0 Å². The standard InChI is InChI=1S/C30H56NO10P/c1-3-5-7-8-9-10-11-12-13-14-15-16-17-18-19-20-22-29(33)41-26(23-38-28(32)21-6-4-2)24-39-42(36,37)40-25-27(31)30(34)35/h13-14,26-27H,3-12,15-25,31H2,1-2H3,(H,34,35)(H,36,37)/b14-13-. The summed E-state index contributed by atoms with van der Waals surface area (Å²) >= 11 is 0. The zero-order chi connectivity index (χ0) is 31.5. The SMILES string of the molecule is CCCCCCCCC/C=C\CCCCCCCC(=O)OC(COC(=O)CCCC)COP(=O)(O)OCC(N)C(=O)O. The summed E-state index contributed by atoms with van der Waals surface area (Å²) in [7, 11) is -4.68. The quantitative estimate of drug-likeness (QED) is 0.0355. The van der Waals surface area contributed by atoms with Crippen LogP contribution in [0.5, 0.6) is 0 Å². The highest BCUT2D eigenvalue weighted by Gasteiger charge is 2.28. The van der Waals surface area contributed by atoms with Crippen LogP contribution in [0, 0.1) is 0 Å².